The fourth-order valence-electron chi connectivity index (χ4n) is 12.0. The van der Waals surface area contributed by atoms with Gasteiger partial charge < -0.3 is 9.47 Å². The molecule has 0 N–H and O–H groups in total. The van der Waals surface area contributed by atoms with E-state index in [4.69, 9.17) is 0 Å². The molecular weight excluding hydrogens is 881 g/mol. The van der Waals surface area contributed by atoms with Crippen LogP contribution in [-0.2, 0) is 5.41 Å². The standard InChI is InChI=1S/C71H50N2/c1-71(2)64-28-10-8-25-62(64)70-65(71)29-15-31-68(70)72(57-41-36-50(37-42-57)60-27-14-21-51-20-13-26-59(69(51)60)49-17-4-3-5-18-49)56-39-34-48(35-40-56)53-22-12-23-58(45-53)73-66-30-11-9-24-61(66)63-46-55(38-43-67(63)73)54-33-32-47-16-6-7-19-52(47)44-54/h3-46H,1-2H3. The van der Waals surface area contributed by atoms with Crippen molar-refractivity contribution in [3.63, 3.8) is 0 Å². The lowest BCUT2D eigenvalue weighted by Gasteiger charge is -2.29. The molecule has 0 atom stereocenters. The van der Waals surface area contributed by atoms with Crippen LogP contribution in [0.25, 0.3) is 105 Å². The van der Waals surface area contributed by atoms with E-state index in [1.54, 1.807) is 0 Å². The molecule has 0 spiro atoms. The van der Waals surface area contributed by atoms with Crippen LogP contribution < -0.4 is 4.90 Å². The van der Waals surface area contributed by atoms with Crippen LogP contribution in [-0.4, -0.2) is 4.57 Å². The van der Waals surface area contributed by atoms with Gasteiger partial charge in [0.1, 0.15) is 0 Å². The van der Waals surface area contributed by atoms with Gasteiger partial charge in [0.15, 0.2) is 0 Å². The van der Waals surface area contributed by atoms with E-state index in [9.17, 15) is 0 Å². The summed E-state index contributed by atoms with van der Waals surface area (Å²) in [6.07, 6.45) is 0. The van der Waals surface area contributed by atoms with Gasteiger partial charge in [-0.2, -0.15) is 0 Å². The van der Waals surface area contributed by atoms with Crippen molar-refractivity contribution in [1.82, 2.24) is 4.57 Å². The van der Waals surface area contributed by atoms with Gasteiger partial charge >= 0.3 is 0 Å². The highest BCUT2D eigenvalue weighted by molar-refractivity contribution is 6.11. The van der Waals surface area contributed by atoms with Crippen molar-refractivity contribution in [2.75, 3.05) is 4.90 Å². The van der Waals surface area contributed by atoms with Gasteiger partial charge in [-0.1, -0.05) is 214 Å². The number of anilines is 3. The average molecular weight is 931 g/mol. The summed E-state index contributed by atoms with van der Waals surface area (Å²) in [6.45, 7) is 4.72. The Labute approximate surface area is 426 Å². The molecule has 0 bridgehead atoms. The largest absolute Gasteiger partial charge is 0.310 e. The Balaban J connectivity index is 0.864. The average Bonchev–Trinajstić information content (AvgIpc) is 3.91. The number of aromatic nitrogens is 1. The Morgan fingerprint density at radius 1 is 0.329 bits per heavy atom. The van der Waals surface area contributed by atoms with Gasteiger partial charge in [-0.3, -0.25) is 0 Å². The van der Waals surface area contributed by atoms with E-state index in [1.807, 2.05) is 0 Å². The third-order valence-electron chi connectivity index (χ3n) is 15.6. The maximum atomic E-state index is 2.46. The van der Waals surface area contributed by atoms with Gasteiger partial charge in [-0.05, 0) is 149 Å². The second-order valence-corrected chi connectivity index (χ2v) is 20.1. The molecule has 0 fully saturated rings. The van der Waals surface area contributed by atoms with Gasteiger partial charge in [0.05, 0.1) is 16.7 Å². The Morgan fingerprint density at radius 3 is 1.66 bits per heavy atom. The van der Waals surface area contributed by atoms with E-state index in [0.717, 1.165) is 22.6 Å². The number of fused-ring (bicyclic) bond motifs is 8. The first-order chi connectivity index (χ1) is 36.0. The van der Waals surface area contributed by atoms with Gasteiger partial charge in [0.2, 0.25) is 0 Å². The predicted molar refractivity (Wildman–Crippen MR) is 310 cm³/mol. The van der Waals surface area contributed by atoms with Crippen LogP contribution in [0.4, 0.5) is 17.1 Å². The molecule has 1 heterocycles. The van der Waals surface area contributed by atoms with Crippen molar-refractivity contribution in [3.8, 4) is 61.3 Å². The van der Waals surface area contributed by atoms with Crippen molar-refractivity contribution in [3.05, 3.63) is 278 Å². The first kappa shape index (κ1) is 42.6. The Hall–Kier alpha value is -9.24. The van der Waals surface area contributed by atoms with Gasteiger partial charge in [-0.15, -0.1) is 0 Å². The highest BCUT2D eigenvalue weighted by Gasteiger charge is 2.37. The molecule has 2 nitrogen and oxygen atoms in total. The summed E-state index contributed by atoms with van der Waals surface area (Å²) in [6, 6.07) is 98.4. The first-order valence-electron chi connectivity index (χ1n) is 25.4. The second kappa shape index (κ2) is 17.0. The maximum absolute atomic E-state index is 2.46. The molecule has 73 heavy (non-hydrogen) atoms. The van der Waals surface area contributed by atoms with E-state index >= 15 is 0 Å². The highest BCUT2D eigenvalue weighted by atomic mass is 15.1. The molecule has 344 valence electrons. The van der Waals surface area contributed by atoms with E-state index < -0.39 is 0 Å². The molecule has 0 saturated carbocycles. The highest BCUT2D eigenvalue weighted by Crippen LogP contribution is 2.54. The summed E-state index contributed by atoms with van der Waals surface area (Å²) in [7, 11) is 0. The number of hydrogen-bond donors (Lipinski definition) is 0. The summed E-state index contributed by atoms with van der Waals surface area (Å²) < 4.78 is 2.42. The molecule has 0 unspecified atom stereocenters. The minimum absolute atomic E-state index is 0.132. The van der Waals surface area contributed by atoms with Crippen molar-refractivity contribution in [1.29, 1.82) is 0 Å². The molecule has 12 aromatic carbocycles. The van der Waals surface area contributed by atoms with Gasteiger partial charge in [0.25, 0.3) is 0 Å². The molecule has 2 heteroatoms. The molecular formula is C71H50N2. The van der Waals surface area contributed by atoms with Crippen LogP contribution >= 0.6 is 0 Å². The summed E-state index contributed by atoms with van der Waals surface area (Å²) >= 11 is 0. The normalized spacial score (nSPS) is 12.6. The van der Waals surface area contributed by atoms with Crippen molar-refractivity contribution >= 4 is 60.4 Å². The Kier molecular flexibility index (Phi) is 9.91. The number of hydrogen-bond acceptors (Lipinski definition) is 1. The number of nitrogens with zero attached hydrogens (tertiary/aromatic N) is 2. The maximum Gasteiger partial charge on any atom is 0.0543 e. The van der Waals surface area contributed by atoms with Crippen LogP contribution in [0, 0.1) is 0 Å². The van der Waals surface area contributed by atoms with Gasteiger partial charge in [0, 0.05) is 38.8 Å². The fraction of sp³-hybridized carbons (Fsp3) is 0.0423. The van der Waals surface area contributed by atoms with Crippen molar-refractivity contribution in [2.24, 2.45) is 0 Å². The molecule has 0 amide bonds. The SMILES string of the molecule is CC1(C)c2ccccc2-c2c(N(c3ccc(-c4cccc(-n5c6ccccc6c6cc(-c7ccc8ccccc8c7)ccc65)c4)cc3)c3ccc(-c4cccc5cccc(-c6ccccc6)c45)cc3)cccc21. The molecule has 0 aliphatic heterocycles. The van der Waals surface area contributed by atoms with Crippen LogP contribution in [0.3, 0.4) is 0 Å². The lowest BCUT2D eigenvalue weighted by Crippen LogP contribution is -2.16. The van der Waals surface area contributed by atoms with Gasteiger partial charge in [-0.25, -0.2) is 0 Å². The quantitative estimate of drug-likeness (QED) is 0.147. The molecule has 14 rings (SSSR count). The minimum atomic E-state index is -0.132. The summed E-state index contributed by atoms with van der Waals surface area (Å²) in [5.74, 6) is 0. The zero-order chi connectivity index (χ0) is 48.6. The minimum Gasteiger partial charge on any atom is -0.310 e. The second-order valence-electron chi connectivity index (χ2n) is 20.1. The van der Waals surface area contributed by atoms with Crippen molar-refractivity contribution in [2.45, 2.75) is 19.3 Å². The topological polar surface area (TPSA) is 8.17 Å². The van der Waals surface area contributed by atoms with Crippen LogP contribution in [0.1, 0.15) is 25.0 Å². The monoisotopic (exact) mass is 930 g/mol. The van der Waals surface area contributed by atoms with E-state index in [-0.39, 0.29) is 5.41 Å². The van der Waals surface area contributed by atoms with Crippen LogP contribution in [0.15, 0.2) is 267 Å². The Morgan fingerprint density at radius 2 is 0.863 bits per heavy atom. The van der Waals surface area contributed by atoms with E-state index in [0.29, 0.717) is 0 Å². The molecule has 0 saturated heterocycles. The zero-order valence-electron chi connectivity index (χ0n) is 40.8. The molecule has 1 aliphatic rings. The fourth-order valence-corrected chi connectivity index (χ4v) is 12.0. The third kappa shape index (κ3) is 7.01. The molecule has 1 aromatic heterocycles. The third-order valence-corrected chi connectivity index (χ3v) is 15.6. The first-order valence-corrected chi connectivity index (χ1v) is 25.4. The number of benzene rings is 12. The molecule has 1 aliphatic carbocycles. The van der Waals surface area contributed by atoms with Crippen molar-refractivity contribution < 1.29 is 0 Å². The summed E-state index contributed by atoms with van der Waals surface area (Å²) in [4.78, 5) is 2.46. The summed E-state index contributed by atoms with van der Waals surface area (Å²) in [5.41, 5.74) is 21.7. The smallest absolute Gasteiger partial charge is 0.0543 e. The number of para-hydroxylation sites is 1. The lowest BCUT2D eigenvalue weighted by molar-refractivity contribution is 0.660. The molecule has 0 radical (unpaired) electrons. The van der Waals surface area contributed by atoms with E-state index in [1.165, 1.54) is 110 Å². The van der Waals surface area contributed by atoms with Crippen LogP contribution in [0.2, 0.25) is 0 Å². The predicted octanol–water partition coefficient (Wildman–Crippen LogP) is 19.5. The lowest BCUT2D eigenvalue weighted by atomic mass is 9.82. The summed E-state index contributed by atoms with van der Waals surface area (Å²) in [5, 5.41) is 7.50. The van der Waals surface area contributed by atoms with E-state index in [2.05, 4.69) is 290 Å². The van der Waals surface area contributed by atoms with Crippen LogP contribution in [0.5, 0.6) is 0 Å². The molecule has 13 aromatic rings. The Bertz CT molecular complexity index is 4270. The zero-order valence-corrected chi connectivity index (χ0v) is 40.8. The number of rotatable bonds is 8.